The van der Waals surface area contributed by atoms with Crippen molar-refractivity contribution in [2.75, 3.05) is 18.4 Å². The average molecular weight is 220 g/mol. The normalized spacial score (nSPS) is 15.9. The number of hydrogen-bond donors (Lipinski definition) is 2. The summed E-state index contributed by atoms with van der Waals surface area (Å²) in [6, 6.07) is 0. The Bertz CT molecular complexity index is 348. The molecular weight excluding hydrogens is 200 g/mol. The van der Waals surface area contributed by atoms with Crippen LogP contribution in [0.2, 0.25) is 0 Å². The first-order valence-electron chi connectivity index (χ1n) is 6.01. The Morgan fingerprint density at radius 1 is 1.25 bits per heavy atom. The molecule has 3 N–H and O–H groups in total. The molecule has 0 radical (unpaired) electrons. The Balaban J connectivity index is 2.20. The Kier molecular flexibility index (Phi) is 3.39. The van der Waals surface area contributed by atoms with E-state index < -0.39 is 0 Å². The molecule has 0 aliphatic heterocycles. The van der Waals surface area contributed by atoms with Crippen molar-refractivity contribution in [2.24, 2.45) is 5.73 Å². The molecule has 0 saturated heterocycles. The molecule has 0 aromatic carbocycles. The molecule has 1 aliphatic rings. The van der Waals surface area contributed by atoms with Gasteiger partial charge in [0, 0.05) is 19.0 Å². The first-order chi connectivity index (χ1) is 7.72. The van der Waals surface area contributed by atoms with Gasteiger partial charge in [-0.2, -0.15) is 0 Å². The highest BCUT2D eigenvalue weighted by molar-refractivity contribution is 5.51. The van der Waals surface area contributed by atoms with Gasteiger partial charge in [0.05, 0.1) is 17.1 Å². The van der Waals surface area contributed by atoms with Gasteiger partial charge in [-0.3, -0.25) is 0 Å². The largest absolute Gasteiger partial charge is 0.381 e. The molecule has 1 aliphatic carbocycles. The van der Waals surface area contributed by atoms with Crippen molar-refractivity contribution in [3.63, 3.8) is 0 Å². The molecule has 1 heterocycles. The number of nitrogens with two attached hydrogens (primary N) is 1. The highest BCUT2D eigenvalue weighted by Gasteiger charge is 2.23. The first-order valence-corrected chi connectivity index (χ1v) is 6.01. The van der Waals surface area contributed by atoms with Crippen LogP contribution in [-0.2, 0) is 0 Å². The van der Waals surface area contributed by atoms with E-state index in [1.165, 1.54) is 19.3 Å². The second-order valence-corrected chi connectivity index (χ2v) is 4.47. The third-order valence-corrected chi connectivity index (χ3v) is 3.20. The fraction of sp³-hybridized carbons (Fsp3) is 0.667. The van der Waals surface area contributed by atoms with E-state index in [1.54, 1.807) is 0 Å². The van der Waals surface area contributed by atoms with Crippen LogP contribution in [0, 0.1) is 13.8 Å². The van der Waals surface area contributed by atoms with Crippen LogP contribution in [0.25, 0.3) is 0 Å². The van der Waals surface area contributed by atoms with Gasteiger partial charge in [-0.25, -0.2) is 9.97 Å². The molecule has 4 heteroatoms. The van der Waals surface area contributed by atoms with Crippen molar-refractivity contribution in [3.05, 3.63) is 17.2 Å². The van der Waals surface area contributed by atoms with Crippen LogP contribution in [0.1, 0.15) is 42.4 Å². The van der Waals surface area contributed by atoms with Gasteiger partial charge in [-0.1, -0.05) is 6.42 Å². The van der Waals surface area contributed by atoms with Crippen LogP contribution in [0.5, 0.6) is 0 Å². The van der Waals surface area contributed by atoms with Crippen LogP contribution < -0.4 is 11.1 Å². The summed E-state index contributed by atoms with van der Waals surface area (Å²) < 4.78 is 0. The smallest absolute Gasteiger partial charge is 0.132 e. The van der Waals surface area contributed by atoms with E-state index in [0.717, 1.165) is 29.4 Å². The summed E-state index contributed by atoms with van der Waals surface area (Å²) in [6.07, 6.45) is 3.81. The maximum Gasteiger partial charge on any atom is 0.132 e. The minimum Gasteiger partial charge on any atom is -0.381 e. The number of rotatable bonds is 4. The van der Waals surface area contributed by atoms with Crippen LogP contribution in [0.3, 0.4) is 0 Å². The third kappa shape index (κ3) is 2.16. The maximum absolute atomic E-state index is 5.48. The van der Waals surface area contributed by atoms with E-state index in [1.807, 2.05) is 13.8 Å². The number of nitrogens with zero attached hydrogens (tertiary/aromatic N) is 2. The zero-order chi connectivity index (χ0) is 11.5. The van der Waals surface area contributed by atoms with Crippen molar-refractivity contribution in [3.8, 4) is 0 Å². The summed E-state index contributed by atoms with van der Waals surface area (Å²) in [5.74, 6) is 1.63. The summed E-state index contributed by atoms with van der Waals surface area (Å²) in [5, 5.41) is 3.28. The summed E-state index contributed by atoms with van der Waals surface area (Å²) in [6.45, 7) is 5.47. The van der Waals surface area contributed by atoms with Crippen LogP contribution in [0.4, 0.5) is 5.69 Å². The highest BCUT2D eigenvalue weighted by Crippen LogP contribution is 2.35. The predicted octanol–water partition coefficient (Wildman–Crippen LogP) is 1.73. The van der Waals surface area contributed by atoms with Gasteiger partial charge in [-0.05, 0) is 26.7 Å². The summed E-state index contributed by atoms with van der Waals surface area (Å²) >= 11 is 0. The number of aryl methyl sites for hydroxylation is 2. The van der Waals surface area contributed by atoms with Crippen molar-refractivity contribution in [1.29, 1.82) is 0 Å². The minimum atomic E-state index is 0.598. The topological polar surface area (TPSA) is 63.8 Å². The number of nitrogens with one attached hydrogen (secondary N) is 1. The van der Waals surface area contributed by atoms with E-state index >= 15 is 0 Å². The van der Waals surface area contributed by atoms with Gasteiger partial charge in [-0.15, -0.1) is 0 Å². The molecule has 0 atom stereocenters. The van der Waals surface area contributed by atoms with Gasteiger partial charge in [0.25, 0.3) is 0 Å². The number of anilines is 1. The van der Waals surface area contributed by atoms with Crippen LogP contribution >= 0.6 is 0 Å². The molecule has 1 saturated carbocycles. The van der Waals surface area contributed by atoms with E-state index in [9.17, 15) is 0 Å². The minimum absolute atomic E-state index is 0.598. The highest BCUT2D eigenvalue weighted by atomic mass is 15.0. The van der Waals surface area contributed by atoms with E-state index in [-0.39, 0.29) is 0 Å². The van der Waals surface area contributed by atoms with Gasteiger partial charge in [0.15, 0.2) is 0 Å². The second kappa shape index (κ2) is 4.78. The first kappa shape index (κ1) is 11.3. The Labute approximate surface area is 96.7 Å². The Hall–Kier alpha value is -1.16. The number of hydrogen-bond acceptors (Lipinski definition) is 4. The quantitative estimate of drug-likeness (QED) is 0.811. The molecular formula is C12H20N4. The van der Waals surface area contributed by atoms with Gasteiger partial charge in [0.1, 0.15) is 5.82 Å². The lowest BCUT2D eigenvalue weighted by Crippen LogP contribution is -2.18. The van der Waals surface area contributed by atoms with E-state index in [0.29, 0.717) is 12.5 Å². The fourth-order valence-electron chi connectivity index (χ4n) is 2.04. The Morgan fingerprint density at radius 3 is 2.31 bits per heavy atom. The van der Waals surface area contributed by atoms with Gasteiger partial charge in [0.2, 0.25) is 0 Å². The zero-order valence-electron chi connectivity index (χ0n) is 10.1. The van der Waals surface area contributed by atoms with Crippen molar-refractivity contribution < 1.29 is 0 Å². The SMILES string of the molecule is Cc1nc(C2CCC2)nc(C)c1NCCN. The standard InChI is InChI=1S/C12H20N4/c1-8-11(14-7-6-13)9(2)16-12(15-8)10-4-3-5-10/h10,14H,3-7,13H2,1-2H3. The summed E-state index contributed by atoms with van der Waals surface area (Å²) in [5.41, 5.74) is 8.62. The molecule has 0 bridgehead atoms. The lowest BCUT2D eigenvalue weighted by Gasteiger charge is -2.25. The Morgan fingerprint density at radius 2 is 1.88 bits per heavy atom. The molecule has 1 aromatic heterocycles. The monoisotopic (exact) mass is 220 g/mol. The molecule has 88 valence electrons. The lowest BCUT2D eigenvalue weighted by atomic mass is 9.85. The lowest BCUT2D eigenvalue weighted by molar-refractivity contribution is 0.400. The van der Waals surface area contributed by atoms with E-state index in [4.69, 9.17) is 5.73 Å². The van der Waals surface area contributed by atoms with Crippen LogP contribution in [0.15, 0.2) is 0 Å². The van der Waals surface area contributed by atoms with Crippen molar-refractivity contribution in [1.82, 2.24) is 9.97 Å². The van der Waals surface area contributed by atoms with Crippen molar-refractivity contribution in [2.45, 2.75) is 39.0 Å². The van der Waals surface area contributed by atoms with Crippen molar-refractivity contribution >= 4 is 5.69 Å². The molecule has 0 spiro atoms. The molecule has 2 rings (SSSR count). The van der Waals surface area contributed by atoms with Crippen LogP contribution in [-0.4, -0.2) is 23.1 Å². The average Bonchev–Trinajstić information content (AvgIpc) is 2.14. The maximum atomic E-state index is 5.48. The van der Waals surface area contributed by atoms with Gasteiger partial charge < -0.3 is 11.1 Å². The fourth-order valence-corrected chi connectivity index (χ4v) is 2.04. The molecule has 0 unspecified atom stereocenters. The molecule has 0 amide bonds. The predicted molar refractivity (Wildman–Crippen MR) is 65.6 cm³/mol. The second-order valence-electron chi connectivity index (χ2n) is 4.47. The van der Waals surface area contributed by atoms with Gasteiger partial charge >= 0.3 is 0 Å². The molecule has 1 fully saturated rings. The summed E-state index contributed by atoms with van der Waals surface area (Å²) in [7, 11) is 0. The molecule has 4 nitrogen and oxygen atoms in total. The molecule has 16 heavy (non-hydrogen) atoms. The molecule has 1 aromatic rings. The third-order valence-electron chi connectivity index (χ3n) is 3.20. The van der Waals surface area contributed by atoms with E-state index in [2.05, 4.69) is 15.3 Å². The summed E-state index contributed by atoms with van der Waals surface area (Å²) in [4.78, 5) is 9.19. The zero-order valence-corrected chi connectivity index (χ0v) is 10.1. The number of aromatic nitrogens is 2.